The molecule has 1 aromatic carbocycles. The van der Waals surface area contributed by atoms with Gasteiger partial charge in [-0.15, -0.1) is 0 Å². The van der Waals surface area contributed by atoms with Crippen LogP contribution in [0.2, 0.25) is 5.02 Å². The molecule has 0 aromatic heterocycles. The number of amides is 1. The third-order valence-corrected chi connectivity index (χ3v) is 4.93. The molecule has 1 amide bonds. The second kappa shape index (κ2) is 5.82. The minimum absolute atomic E-state index is 0.0803. The van der Waals surface area contributed by atoms with Gasteiger partial charge in [-0.25, -0.2) is 17.9 Å². The number of hydrogen-bond donors (Lipinski definition) is 1. The highest BCUT2D eigenvalue weighted by Gasteiger charge is 2.36. The van der Waals surface area contributed by atoms with E-state index in [2.05, 4.69) is 4.72 Å². The van der Waals surface area contributed by atoms with Crippen LogP contribution in [0.5, 0.6) is 0 Å². The molecule has 8 heteroatoms. The predicted octanol–water partition coefficient (Wildman–Crippen LogP) is 1.85. The fourth-order valence-corrected chi connectivity index (χ4v) is 3.53. The van der Waals surface area contributed by atoms with Crippen molar-refractivity contribution in [2.24, 2.45) is 0 Å². The van der Waals surface area contributed by atoms with Gasteiger partial charge >= 0.3 is 6.09 Å². The Morgan fingerprint density at radius 3 is 2.71 bits per heavy atom. The zero-order valence-corrected chi connectivity index (χ0v) is 13.4. The Bertz CT molecular complexity index is 645. The van der Waals surface area contributed by atoms with E-state index in [1.165, 1.54) is 17.0 Å². The van der Waals surface area contributed by atoms with Gasteiger partial charge in [-0.3, -0.25) is 4.90 Å². The summed E-state index contributed by atoms with van der Waals surface area (Å²) in [5.74, 6) is 0. The second-order valence-electron chi connectivity index (χ2n) is 5.36. The summed E-state index contributed by atoms with van der Waals surface area (Å²) in [5, 5.41) is 0.347. The summed E-state index contributed by atoms with van der Waals surface area (Å²) in [7, 11) is -3.68. The zero-order valence-electron chi connectivity index (χ0n) is 11.8. The van der Waals surface area contributed by atoms with Crippen molar-refractivity contribution in [1.29, 1.82) is 0 Å². The average Bonchev–Trinajstić information content (AvgIpc) is 2.84. The van der Waals surface area contributed by atoms with Crippen LogP contribution in [0.1, 0.15) is 13.8 Å². The van der Waals surface area contributed by atoms with Crippen LogP contribution in [-0.4, -0.2) is 44.6 Å². The number of nitrogens with zero attached hydrogens (tertiary/aromatic N) is 1. The van der Waals surface area contributed by atoms with Crippen LogP contribution in [-0.2, 0) is 14.8 Å². The molecular formula is C13H17ClN2O4S. The lowest BCUT2D eigenvalue weighted by Crippen LogP contribution is -2.52. The van der Waals surface area contributed by atoms with Crippen LogP contribution in [0.4, 0.5) is 4.79 Å². The number of carbonyl (C=O) groups excluding carboxylic acids is 1. The second-order valence-corrected chi connectivity index (χ2v) is 7.56. The summed E-state index contributed by atoms with van der Waals surface area (Å²) >= 11 is 5.80. The maximum Gasteiger partial charge on any atom is 0.410 e. The predicted molar refractivity (Wildman–Crippen MR) is 78.8 cm³/mol. The van der Waals surface area contributed by atoms with E-state index in [9.17, 15) is 13.2 Å². The summed E-state index contributed by atoms with van der Waals surface area (Å²) in [6, 6.07) is 6.01. The summed E-state index contributed by atoms with van der Waals surface area (Å²) in [6.45, 7) is 4.41. The summed E-state index contributed by atoms with van der Waals surface area (Å²) in [5.41, 5.74) is -0.681. The monoisotopic (exact) mass is 332 g/mol. The van der Waals surface area contributed by atoms with E-state index < -0.39 is 21.7 Å². The maximum atomic E-state index is 12.2. The highest BCUT2D eigenvalue weighted by Crippen LogP contribution is 2.20. The van der Waals surface area contributed by atoms with E-state index in [-0.39, 0.29) is 11.4 Å². The fraction of sp³-hybridized carbons (Fsp3) is 0.462. The Balaban J connectivity index is 2.09. The van der Waals surface area contributed by atoms with Crippen molar-refractivity contribution >= 4 is 27.7 Å². The lowest BCUT2D eigenvalue weighted by atomic mass is 10.0. The molecule has 1 aliphatic rings. The van der Waals surface area contributed by atoms with Crippen molar-refractivity contribution in [3.05, 3.63) is 29.3 Å². The van der Waals surface area contributed by atoms with E-state index in [0.717, 1.165) is 0 Å². The minimum Gasteiger partial charge on any atom is -0.448 e. The largest absolute Gasteiger partial charge is 0.448 e. The molecule has 0 saturated carbocycles. The number of carbonyl (C=O) groups is 1. The molecule has 116 valence electrons. The van der Waals surface area contributed by atoms with Gasteiger partial charge in [-0.05, 0) is 32.0 Å². The van der Waals surface area contributed by atoms with E-state index in [1.807, 2.05) is 0 Å². The van der Waals surface area contributed by atoms with Gasteiger partial charge in [0, 0.05) is 11.6 Å². The Labute approximate surface area is 129 Å². The molecule has 0 aliphatic carbocycles. The SMILES string of the molecule is CC(C)(CNS(=O)(=O)c1cccc(Cl)c1)N1CCOC1=O. The van der Waals surface area contributed by atoms with Crippen LogP contribution in [0.15, 0.2) is 29.2 Å². The lowest BCUT2D eigenvalue weighted by Gasteiger charge is -2.33. The van der Waals surface area contributed by atoms with Crippen molar-refractivity contribution in [2.45, 2.75) is 24.3 Å². The number of cyclic esters (lactones) is 1. The average molecular weight is 333 g/mol. The quantitative estimate of drug-likeness (QED) is 0.892. The van der Waals surface area contributed by atoms with Crippen LogP contribution in [0.3, 0.4) is 0 Å². The molecule has 1 aliphatic heterocycles. The number of sulfonamides is 1. The zero-order chi connectivity index (χ0) is 15.7. The molecule has 0 atom stereocenters. The smallest absolute Gasteiger partial charge is 0.410 e. The van der Waals surface area contributed by atoms with Crippen molar-refractivity contribution in [3.8, 4) is 0 Å². The van der Waals surface area contributed by atoms with E-state index >= 15 is 0 Å². The number of benzene rings is 1. The summed E-state index contributed by atoms with van der Waals surface area (Å²) in [6.07, 6.45) is -0.429. The van der Waals surface area contributed by atoms with Crippen molar-refractivity contribution < 1.29 is 17.9 Å². The third kappa shape index (κ3) is 3.66. The van der Waals surface area contributed by atoms with Crippen molar-refractivity contribution in [3.63, 3.8) is 0 Å². The van der Waals surface area contributed by atoms with Crippen LogP contribution >= 0.6 is 11.6 Å². The van der Waals surface area contributed by atoms with E-state index in [1.54, 1.807) is 26.0 Å². The molecule has 21 heavy (non-hydrogen) atoms. The number of ether oxygens (including phenoxy) is 1. The molecule has 1 fully saturated rings. The highest BCUT2D eigenvalue weighted by atomic mass is 35.5. The number of halogens is 1. The van der Waals surface area contributed by atoms with Gasteiger partial charge in [0.25, 0.3) is 0 Å². The molecule has 0 spiro atoms. The number of hydrogen-bond acceptors (Lipinski definition) is 4. The van der Waals surface area contributed by atoms with Gasteiger partial charge in [-0.1, -0.05) is 17.7 Å². The van der Waals surface area contributed by atoms with Gasteiger partial charge in [-0.2, -0.15) is 0 Å². The molecule has 0 radical (unpaired) electrons. The first-order valence-electron chi connectivity index (χ1n) is 6.42. The molecule has 6 nitrogen and oxygen atoms in total. The number of rotatable bonds is 5. The van der Waals surface area contributed by atoms with Gasteiger partial charge < -0.3 is 4.74 Å². The first-order valence-corrected chi connectivity index (χ1v) is 8.28. The first-order chi connectivity index (χ1) is 9.72. The molecular weight excluding hydrogens is 316 g/mol. The Hall–Kier alpha value is -1.31. The van der Waals surface area contributed by atoms with Crippen molar-refractivity contribution in [1.82, 2.24) is 9.62 Å². The lowest BCUT2D eigenvalue weighted by molar-refractivity contribution is 0.127. The molecule has 1 N–H and O–H groups in total. The summed E-state index contributed by atoms with van der Waals surface area (Å²) in [4.78, 5) is 13.2. The topological polar surface area (TPSA) is 75.7 Å². The van der Waals surface area contributed by atoms with Crippen LogP contribution in [0.25, 0.3) is 0 Å². The van der Waals surface area contributed by atoms with Gasteiger partial charge in [0.1, 0.15) is 6.61 Å². The normalized spacial score (nSPS) is 16.1. The van der Waals surface area contributed by atoms with Crippen LogP contribution < -0.4 is 4.72 Å². The third-order valence-electron chi connectivity index (χ3n) is 3.29. The standard InChI is InChI=1S/C13H17ClN2O4S/c1-13(2,16-6-7-20-12(16)17)9-15-21(18,19)11-5-3-4-10(14)8-11/h3-5,8,15H,6-7,9H2,1-2H3. The van der Waals surface area contributed by atoms with E-state index in [0.29, 0.717) is 18.2 Å². The first kappa shape index (κ1) is 16.1. The summed E-state index contributed by atoms with van der Waals surface area (Å²) < 4.78 is 31.8. The Morgan fingerprint density at radius 2 is 2.14 bits per heavy atom. The molecule has 1 aromatic rings. The molecule has 1 heterocycles. The highest BCUT2D eigenvalue weighted by molar-refractivity contribution is 7.89. The van der Waals surface area contributed by atoms with Gasteiger partial charge in [0.05, 0.1) is 17.0 Å². The Kier molecular flexibility index (Phi) is 4.46. The molecule has 0 bridgehead atoms. The van der Waals surface area contributed by atoms with Gasteiger partial charge in [0.15, 0.2) is 0 Å². The Morgan fingerprint density at radius 1 is 1.43 bits per heavy atom. The minimum atomic E-state index is -3.68. The molecule has 1 saturated heterocycles. The molecule has 0 unspecified atom stereocenters. The van der Waals surface area contributed by atoms with Gasteiger partial charge in [0.2, 0.25) is 10.0 Å². The van der Waals surface area contributed by atoms with Crippen LogP contribution in [0, 0.1) is 0 Å². The van der Waals surface area contributed by atoms with E-state index in [4.69, 9.17) is 16.3 Å². The number of nitrogens with one attached hydrogen (secondary N) is 1. The maximum absolute atomic E-state index is 12.2. The fourth-order valence-electron chi connectivity index (χ4n) is 2.03. The molecule has 2 rings (SSSR count). The van der Waals surface area contributed by atoms with Crippen molar-refractivity contribution in [2.75, 3.05) is 19.7 Å².